The Balaban J connectivity index is 2.41. The molecule has 2 N–H and O–H groups in total. The van der Waals surface area contributed by atoms with Crippen LogP contribution in [0, 0.1) is 0 Å². The zero-order chi connectivity index (χ0) is 28.0. The number of amides is 1. The van der Waals surface area contributed by atoms with Crippen LogP contribution < -0.4 is 9.47 Å². The number of aliphatic hydroxyl groups excluding tert-OH is 1. The van der Waals surface area contributed by atoms with Gasteiger partial charge in [0.05, 0.1) is 19.3 Å². The quantitative estimate of drug-likeness (QED) is 0.122. The van der Waals surface area contributed by atoms with Crippen molar-refractivity contribution in [3.63, 3.8) is 0 Å². The van der Waals surface area contributed by atoms with Crippen molar-refractivity contribution in [1.29, 1.82) is 0 Å². The lowest BCUT2D eigenvalue weighted by Gasteiger charge is -2.16. The predicted octanol–water partition coefficient (Wildman–Crippen LogP) is 6.56. The molecule has 1 aromatic carbocycles. The van der Waals surface area contributed by atoms with Crippen molar-refractivity contribution in [2.75, 3.05) is 27.3 Å². The minimum absolute atomic E-state index is 0.0000684. The molecule has 0 fully saturated rings. The van der Waals surface area contributed by atoms with Gasteiger partial charge in [-0.25, -0.2) is 0 Å². The van der Waals surface area contributed by atoms with Crippen molar-refractivity contribution >= 4 is 11.9 Å². The Kier molecular flexibility index (Phi) is 18.9. The Morgan fingerprint density at radius 2 is 1.53 bits per heavy atom. The number of nitrogens with zero attached hydrogens (tertiary/aromatic N) is 1. The highest BCUT2D eigenvalue weighted by atomic mass is 16.5. The molecule has 7 heteroatoms. The number of aliphatic hydroxyl groups is 1. The monoisotopic (exact) mass is 533 g/mol. The number of rotatable bonds is 23. The summed E-state index contributed by atoms with van der Waals surface area (Å²) < 4.78 is 12.0. The molecule has 0 aliphatic rings. The van der Waals surface area contributed by atoms with Gasteiger partial charge >= 0.3 is 5.97 Å². The van der Waals surface area contributed by atoms with Crippen LogP contribution in [-0.2, 0) is 16.0 Å². The molecular weight excluding hydrogens is 482 g/mol. The fourth-order valence-electron chi connectivity index (χ4n) is 4.11. The van der Waals surface area contributed by atoms with E-state index in [2.05, 4.69) is 13.0 Å². The average molecular weight is 534 g/mol. The number of benzene rings is 1. The van der Waals surface area contributed by atoms with Crippen LogP contribution in [0.5, 0.6) is 11.5 Å². The lowest BCUT2D eigenvalue weighted by atomic mass is 10.1. The first kappa shape index (κ1) is 33.5. The van der Waals surface area contributed by atoms with E-state index in [1.807, 2.05) is 24.3 Å². The molecule has 216 valence electrons. The average Bonchev–Trinajstić information content (AvgIpc) is 2.88. The third-order valence-electron chi connectivity index (χ3n) is 6.45. The Labute approximate surface area is 230 Å². The van der Waals surface area contributed by atoms with Crippen LogP contribution in [0.1, 0.15) is 102 Å². The summed E-state index contributed by atoms with van der Waals surface area (Å²) in [6.45, 7) is 3.21. The first-order valence-corrected chi connectivity index (χ1v) is 14.5. The van der Waals surface area contributed by atoms with Gasteiger partial charge in [0.2, 0.25) is 5.91 Å². The van der Waals surface area contributed by atoms with Gasteiger partial charge in [-0.3, -0.25) is 9.59 Å². The van der Waals surface area contributed by atoms with Crippen LogP contribution in [0.4, 0.5) is 0 Å². The molecule has 1 amide bonds. The van der Waals surface area contributed by atoms with E-state index in [0.29, 0.717) is 37.6 Å². The minimum atomic E-state index is -0.863. The highest BCUT2D eigenvalue weighted by molar-refractivity contribution is 5.75. The van der Waals surface area contributed by atoms with Gasteiger partial charge in [0.15, 0.2) is 0 Å². The molecule has 0 aliphatic heterocycles. The molecule has 1 unspecified atom stereocenters. The van der Waals surface area contributed by atoms with E-state index in [-0.39, 0.29) is 18.4 Å². The lowest BCUT2D eigenvalue weighted by Crippen LogP contribution is -2.21. The van der Waals surface area contributed by atoms with E-state index in [1.165, 1.54) is 32.1 Å². The normalized spacial score (nSPS) is 12.0. The maximum Gasteiger partial charge on any atom is 0.303 e. The van der Waals surface area contributed by atoms with Crippen molar-refractivity contribution in [2.24, 2.45) is 0 Å². The summed E-state index contributed by atoms with van der Waals surface area (Å²) in [4.78, 5) is 24.5. The van der Waals surface area contributed by atoms with Crippen LogP contribution in [0.2, 0.25) is 0 Å². The summed E-state index contributed by atoms with van der Waals surface area (Å²) in [5, 5.41) is 19.3. The number of allylic oxidation sites excluding steroid dienone is 1. The predicted molar refractivity (Wildman–Crippen MR) is 153 cm³/mol. The summed E-state index contributed by atoms with van der Waals surface area (Å²) in [6.07, 6.45) is 16.8. The van der Waals surface area contributed by atoms with Crippen LogP contribution in [0.15, 0.2) is 30.4 Å². The second-order valence-corrected chi connectivity index (χ2v) is 10.1. The van der Waals surface area contributed by atoms with Gasteiger partial charge in [0.25, 0.3) is 0 Å². The number of carboxylic acids is 1. The number of ether oxygens (including phenoxy) is 2. The molecule has 38 heavy (non-hydrogen) atoms. The van der Waals surface area contributed by atoms with Crippen molar-refractivity contribution < 1.29 is 29.3 Å². The highest BCUT2D eigenvalue weighted by Gasteiger charge is 2.13. The number of carboxylic acid groups (broad SMARTS) is 1. The lowest BCUT2D eigenvalue weighted by molar-refractivity contribution is -0.137. The molecule has 7 nitrogen and oxygen atoms in total. The van der Waals surface area contributed by atoms with Gasteiger partial charge < -0.3 is 24.6 Å². The Morgan fingerprint density at radius 3 is 2.16 bits per heavy atom. The molecule has 0 radical (unpaired) electrons. The maximum absolute atomic E-state index is 11.7. The van der Waals surface area contributed by atoms with Crippen molar-refractivity contribution in [1.82, 2.24) is 4.90 Å². The van der Waals surface area contributed by atoms with Gasteiger partial charge in [-0.15, -0.1) is 0 Å². The van der Waals surface area contributed by atoms with Crippen LogP contribution in [0.25, 0.3) is 0 Å². The number of unbranched alkanes of at least 4 members (excludes halogenated alkanes) is 8. The molecule has 0 heterocycles. The number of carbonyl (C=O) groups is 2. The van der Waals surface area contributed by atoms with Crippen molar-refractivity contribution in [2.45, 2.75) is 109 Å². The van der Waals surface area contributed by atoms with Gasteiger partial charge in [-0.1, -0.05) is 63.7 Å². The third kappa shape index (κ3) is 16.3. The number of hydrogen-bond donors (Lipinski definition) is 2. The maximum atomic E-state index is 11.7. The van der Waals surface area contributed by atoms with E-state index in [0.717, 1.165) is 50.5 Å². The second-order valence-electron chi connectivity index (χ2n) is 10.1. The van der Waals surface area contributed by atoms with Crippen molar-refractivity contribution in [3.05, 3.63) is 35.9 Å². The van der Waals surface area contributed by atoms with Crippen LogP contribution in [0.3, 0.4) is 0 Å². The van der Waals surface area contributed by atoms with Crippen molar-refractivity contribution in [3.8, 4) is 11.5 Å². The Hall–Kier alpha value is -2.54. The zero-order valence-electron chi connectivity index (χ0n) is 24.0. The summed E-state index contributed by atoms with van der Waals surface area (Å²) in [5.41, 5.74) is 0.775. The van der Waals surface area contributed by atoms with E-state index in [9.17, 15) is 19.8 Å². The number of aliphatic carboxylic acids is 1. The molecular formula is C31H51NO6. The van der Waals surface area contributed by atoms with Crippen LogP contribution in [-0.4, -0.2) is 60.4 Å². The van der Waals surface area contributed by atoms with Crippen LogP contribution >= 0.6 is 0 Å². The zero-order valence-corrected chi connectivity index (χ0v) is 24.0. The van der Waals surface area contributed by atoms with E-state index in [1.54, 1.807) is 19.0 Å². The summed E-state index contributed by atoms with van der Waals surface area (Å²) in [5.74, 6) is 0.544. The molecule has 0 bridgehead atoms. The third-order valence-corrected chi connectivity index (χ3v) is 6.45. The molecule has 0 aromatic heterocycles. The van der Waals surface area contributed by atoms with E-state index >= 15 is 0 Å². The SMILES string of the molecule is CCCCCCCCC(O)/C=C/CCCCOc1cccc(OCCCCC(=O)N(C)C)c1CCC(=O)O. The highest BCUT2D eigenvalue weighted by Crippen LogP contribution is 2.30. The summed E-state index contributed by atoms with van der Waals surface area (Å²) in [7, 11) is 3.50. The molecule has 1 rings (SSSR count). The first-order valence-electron chi connectivity index (χ1n) is 14.5. The Morgan fingerprint density at radius 1 is 0.895 bits per heavy atom. The molecule has 0 aliphatic carbocycles. The second kappa shape index (κ2) is 21.4. The number of carbonyl (C=O) groups excluding carboxylic acids is 1. The van der Waals surface area contributed by atoms with Gasteiger partial charge in [0, 0.05) is 32.5 Å². The van der Waals surface area contributed by atoms with E-state index < -0.39 is 5.97 Å². The van der Waals surface area contributed by atoms with Gasteiger partial charge in [0.1, 0.15) is 11.5 Å². The number of hydrogen-bond acceptors (Lipinski definition) is 5. The molecule has 0 saturated carbocycles. The topological polar surface area (TPSA) is 96.3 Å². The largest absolute Gasteiger partial charge is 0.493 e. The van der Waals surface area contributed by atoms with Gasteiger partial charge in [-0.2, -0.15) is 0 Å². The summed E-state index contributed by atoms with van der Waals surface area (Å²) in [6, 6.07) is 5.56. The Bertz CT molecular complexity index is 808. The fraction of sp³-hybridized carbons (Fsp3) is 0.677. The smallest absolute Gasteiger partial charge is 0.303 e. The standard InChI is InChI=1S/C31H51NO6/c1-4-5-6-7-8-11-17-26(33)18-12-9-10-14-24-37-28-19-16-20-29(27(28)22-23-31(35)36)38-25-15-13-21-30(34)32(2)3/h12,16,18-20,26,33H,4-11,13-15,17,21-25H2,1-3H3,(H,35,36)/b18-12+. The molecule has 0 spiro atoms. The summed E-state index contributed by atoms with van der Waals surface area (Å²) >= 11 is 0. The fourth-order valence-corrected chi connectivity index (χ4v) is 4.11. The molecule has 1 atom stereocenters. The molecule has 1 aromatic rings. The minimum Gasteiger partial charge on any atom is -0.493 e. The van der Waals surface area contributed by atoms with Gasteiger partial charge in [-0.05, 0) is 57.1 Å². The first-order chi connectivity index (χ1) is 18.3. The molecule has 0 saturated heterocycles. The van der Waals surface area contributed by atoms with E-state index in [4.69, 9.17) is 9.47 Å².